The first-order valence-corrected chi connectivity index (χ1v) is 9.29. The van der Waals surface area contributed by atoms with Crippen molar-refractivity contribution in [1.82, 2.24) is 20.6 Å². The van der Waals surface area contributed by atoms with Crippen molar-refractivity contribution < 1.29 is 9.59 Å². The van der Waals surface area contributed by atoms with E-state index in [9.17, 15) is 9.59 Å². The molecule has 1 aromatic carbocycles. The van der Waals surface area contributed by atoms with Gasteiger partial charge in [-0.1, -0.05) is 12.1 Å². The third kappa shape index (κ3) is 3.84. The van der Waals surface area contributed by atoms with Gasteiger partial charge in [-0.15, -0.1) is 0 Å². The maximum absolute atomic E-state index is 12.5. The largest absolute Gasteiger partial charge is 0.361 e. The Morgan fingerprint density at radius 2 is 2.04 bits per heavy atom. The lowest BCUT2D eigenvalue weighted by atomic mass is 10.0. The molecule has 1 saturated carbocycles. The number of nitrogens with one attached hydrogen (secondary N) is 3. The van der Waals surface area contributed by atoms with Gasteiger partial charge in [0.15, 0.2) is 0 Å². The molecule has 4 rings (SSSR count). The maximum atomic E-state index is 12.5. The fourth-order valence-electron chi connectivity index (χ4n) is 3.18. The summed E-state index contributed by atoms with van der Waals surface area (Å²) < 4.78 is 0. The highest BCUT2D eigenvalue weighted by atomic mass is 16.2. The van der Waals surface area contributed by atoms with E-state index in [-0.39, 0.29) is 17.9 Å². The van der Waals surface area contributed by atoms with E-state index in [0.717, 1.165) is 29.3 Å². The third-order valence-corrected chi connectivity index (χ3v) is 4.68. The molecular weight excluding hydrogens is 340 g/mol. The summed E-state index contributed by atoms with van der Waals surface area (Å²) in [5.41, 5.74) is 3.61. The molecule has 3 N–H and O–H groups in total. The molecule has 2 aromatic heterocycles. The van der Waals surface area contributed by atoms with Gasteiger partial charge in [-0.25, -0.2) is 4.98 Å². The minimum atomic E-state index is -0.218. The van der Waals surface area contributed by atoms with Gasteiger partial charge in [-0.2, -0.15) is 0 Å². The number of carbonyl (C=O) groups is 2. The summed E-state index contributed by atoms with van der Waals surface area (Å²) in [7, 11) is 0. The Kier molecular flexibility index (Phi) is 4.62. The van der Waals surface area contributed by atoms with Gasteiger partial charge in [-0.3, -0.25) is 9.59 Å². The van der Waals surface area contributed by atoms with Crippen molar-refractivity contribution in [2.24, 2.45) is 0 Å². The zero-order valence-electron chi connectivity index (χ0n) is 15.2. The smallest absolute Gasteiger partial charge is 0.270 e. The van der Waals surface area contributed by atoms with Crippen molar-refractivity contribution in [3.8, 4) is 0 Å². The highest BCUT2D eigenvalue weighted by molar-refractivity contribution is 5.99. The number of aromatic nitrogens is 2. The molecule has 2 amide bonds. The monoisotopic (exact) mass is 362 g/mol. The number of amides is 2. The topological polar surface area (TPSA) is 86.9 Å². The number of fused-ring (bicyclic) bond motifs is 1. The van der Waals surface area contributed by atoms with Gasteiger partial charge in [0.1, 0.15) is 5.69 Å². The van der Waals surface area contributed by atoms with Crippen LogP contribution in [0.15, 0.2) is 42.6 Å². The average Bonchev–Trinajstić information content (AvgIpc) is 3.34. The molecule has 0 radical (unpaired) electrons. The lowest BCUT2D eigenvalue weighted by Crippen LogP contribution is -2.28. The normalized spacial score (nSPS) is 13.5. The molecule has 6 heteroatoms. The highest BCUT2D eigenvalue weighted by Crippen LogP contribution is 2.22. The number of H-pyrrole nitrogens is 1. The Bertz CT molecular complexity index is 1000. The number of benzene rings is 1. The Morgan fingerprint density at radius 1 is 1.19 bits per heavy atom. The van der Waals surface area contributed by atoms with E-state index in [4.69, 9.17) is 0 Å². The lowest BCUT2D eigenvalue weighted by Gasteiger charge is -2.10. The van der Waals surface area contributed by atoms with Crippen molar-refractivity contribution in [1.29, 1.82) is 0 Å². The second-order valence-corrected chi connectivity index (χ2v) is 6.87. The third-order valence-electron chi connectivity index (χ3n) is 4.68. The second kappa shape index (κ2) is 7.23. The van der Waals surface area contributed by atoms with Gasteiger partial charge in [0.2, 0.25) is 0 Å². The number of carbonyl (C=O) groups excluding carboxylic acids is 2. The molecule has 3 aromatic rings. The second-order valence-electron chi connectivity index (χ2n) is 6.87. The zero-order chi connectivity index (χ0) is 18.8. The summed E-state index contributed by atoms with van der Waals surface area (Å²) in [6.45, 7) is 2.40. The molecule has 0 atom stereocenters. The molecule has 1 aliphatic carbocycles. The molecule has 0 saturated heterocycles. The first-order valence-electron chi connectivity index (χ1n) is 9.29. The van der Waals surface area contributed by atoms with Crippen molar-refractivity contribution in [2.75, 3.05) is 6.54 Å². The van der Waals surface area contributed by atoms with Crippen molar-refractivity contribution >= 4 is 22.7 Å². The predicted molar refractivity (Wildman–Crippen MR) is 104 cm³/mol. The Balaban J connectivity index is 1.69. The van der Waals surface area contributed by atoms with Crippen LogP contribution in [-0.4, -0.2) is 34.4 Å². The van der Waals surface area contributed by atoms with Crippen LogP contribution in [0.2, 0.25) is 0 Å². The molecular formula is C21H22N4O2. The first-order chi connectivity index (χ1) is 13.1. The maximum Gasteiger partial charge on any atom is 0.270 e. The summed E-state index contributed by atoms with van der Waals surface area (Å²) in [6.07, 6.45) is 4.46. The van der Waals surface area contributed by atoms with Crippen LogP contribution in [0.25, 0.3) is 10.9 Å². The Hall–Kier alpha value is -3.15. The van der Waals surface area contributed by atoms with Crippen LogP contribution < -0.4 is 10.6 Å². The quantitative estimate of drug-likeness (QED) is 0.630. The van der Waals surface area contributed by atoms with Crippen LogP contribution in [0.4, 0.5) is 0 Å². The van der Waals surface area contributed by atoms with Gasteiger partial charge < -0.3 is 15.6 Å². The van der Waals surface area contributed by atoms with Crippen molar-refractivity contribution in [3.05, 3.63) is 65.1 Å². The van der Waals surface area contributed by atoms with Crippen LogP contribution in [-0.2, 0) is 6.42 Å². The SMILES string of the molecule is CCNC(=O)c1cc(Cc2cccc3[nH]ccc23)nc(C(=O)NC2CC2)c1. The number of hydrogen-bond acceptors (Lipinski definition) is 3. The predicted octanol–water partition coefficient (Wildman–Crippen LogP) is 2.80. The number of nitrogens with zero attached hydrogens (tertiary/aromatic N) is 1. The molecule has 1 fully saturated rings. The summed E-state index contributed by atoms with van der Waals surface area (Å²) in [6, 6.07) is 11.7. The van der Waals surface area contributed by atoms with Crippen LogP contribution in [0.1, 0.15) is 51.9 Å². The molecule has 0 bridgehead atoms. The summed E-state index contributed by atoms with van der Waals surface area (Å²) in [4.78, 5) is 32.6. The van der Waals surface area contributed by atoms with Crippen molar-refractivity contribution in [2.45, 2.75) is 32.2 Å². The van der Waals surface area contributed by atoms with E-state index >= 15 is 0 Å². The molecule has 6 nitrogen and oxygen atoms in total. The molecule has 27 heavy (non-hydrogen) atoms. The van der Waals surface area contributed by atoms with Crippen LogP contribution in [0.5, 0.6) is 0 Å². The molecule has 0 spiro atoms. The summed E-state index contributed by atoms with van der Waals surface area (Å²) in [5.74, 6) is -0.411. The lowest BCUT2D eigenvalue weighted by molar-refractivity contribution is 0.0946. The van der Waals surface area contributed by atoms with Crippen molar-refractivity contribution in [3.63, 3.8) is 0 Å². The van der Waals surface area contributed by atoms with Gasteiger partial charge in [0.05, 0.1) is 0 Å². The fourth-order valence-corrected chi connectivity index (χ4v) is 3.18. The number of aromatic amines is 1. The zero-order valence-corrected chi connectivity index (χ0v) is 15.2. The standard InChI is InChI=1S/C21H22N4O2/c1-2-22-20(26)14-11-16(24-19(12-14)21(27)25-15-6-7-15)10-13-4-3-5-18-17(13)8-9-23-18/h3-5,8-9,11-12,15,23H,2,6-7,10H2,1H3,(H,22,26)(H,25,27). The van der Waals surface area contributed by atoms with Crippen LogP contribution in [0, 0.1) is 0 Å². The molecule has 2 heterocycles. The minimum absolute atomic E-state index is 0.193. The van der Waals surface area contributed by atoms with E-state index in [1.165, 1.54) is 0 Å². The summed E-state index contributed by atoms with van der Waals surface area (Å²) in [5, 5.41) is 6.86. The molecule has 138 valence electrons. The first kappa shape index (κ1) is 17.3. The highest BCUT2D eigenvalue weighted by Gasteiger charge is 2.25. The average molecular weight is 362 g/mol. The van der Waals surface area contributed by atoms with E-state index in [0.29, 0.717) is 29.9 Å². The molecule has 0 aliphatic heterocycles. The van der Waals surface area contributed by atoms with Gasteiger partial charge >= 0.3 is 0 Å². The number of rotatable bonds is 6. The van der Waals surface area contributed by atoms with E-state index in [1.807, 2.05) is 37.4 Å². The van der Waals surface area contributed by atoms with Crippen LogP contribution in [0.3, 0.4) is 0 Å². The van der Waals surface area contributed by atoms with Gasteiger partial charge in [0.25, 0.3) is 11.8 Å². The molecule has 1 aliphatic rings. The Morgan fingerprint density at radius 3 is 2.81 bits per heavy atom. The molecule has 0 unspecified atom stereocenters. The van der Waals surface area contributed by atoms with E-state index in [2.05, 4.69) is 20.6 Å². The van der Waals surface area contributed by atoms with E-state index < -0.39 is 0 Å². The summed E-state index contributed by atoms with van der Waals surface area (Å²) >= 11 is 0. The Labute approximate surface area is 157 Å². The minimum Gasteiger partial charge on any atom is -0.361 e. The van der Waals surface area contributed by atoms with E-state index in [1.54, 1.807) is 12.1 Å². The van der Waals surface area contributed by atoms with Gasteiger partial charge in [0, 0.05) is 47.4 Å². The number of hydrogen-bond donors (Lipinski definition) is 3. The van der Waals surface area contributed by atoms with Crippen LogP contribution >= 0.6 is 0 Å². The number of pyridine rings is 1. The fraction of sp³-hybridized carbons (Fsp3) is 0.286. The van der Waals surface area contributed by atoms with Gasteiger partial charge in [-0.05, 0) is 49.6 Å².